The summed E-state index contributed by atoms with van der Waals surface area (Å²) in [6.07, 6.45) is 12.8. The van der Waals surface area contributed by atoms with E-state index >= 15 is 0 Å². The van der Waals surface area contributed by atoms with E-state index in [4.69, 9.17) is 0 Å². The van der Waals surface area contributed by atoms with Crippen LogP contribution in [0.1, 0.15) is 64.7 Å². The van der Waals surface area contributed by atoms with Gasteiger partial charge in [-0.1, -0.05) is 32.6 Å². The quantitative estimate of drug-likeness (QED) is 0.771. The lowest BCUT2D eigenvalue weighted by molar-refractivity contribution is 0.211. The first-order chi connectivity index (χ1) is 8.78. The van der Waals surface area contributed by atoms with Crippen LogP contribution in [0.25, 0.3) is 0 Å². The molecule has 2 aliphatic rings. The van der Waals surface area contributed by atoms with Gasteiger partial charge in [0.1, 0.15) is 0 Å². The van der Waals surface area contributed by atoms with Crippen LogP contribution < -0.4 is 5.32 Å². The van der Waals surface area contributed by atoms with Crippen molar-refractivity contribution in [3.05, 3.63) is 0 Å². The zero-order chi connectivity index (χ0) is 12.8. The smallest absolute Gasteiger partial charge is 0.0197 e. The number of nitrogens with zero attached hydrogens (tertiary/aromatic N) is 1. The zero-order valence-electron chi connectivity index (χ0n) is 12.5. The van der Waals surface area contributed by atoms with Gasteiger partial charge in [-0.15, -0.1) is 0 Å². The lowest BCUT2D eigenvalue weighted by Crippen LogP contribution is -2.47. The van der Waals surface area contributed by atoms with Crippen molar-refractivity contribution in [2.45, 2.75) is 76.8 Å². The van der Waals surface area contributed by atoms with Crippen molar-refractivity contribution in [2.75, 3.05) is 20.1 Å². The van der Waals surface area contributed by atoms with Crippen LogP contribution in [-0.4, -0.2) is 37.1 Å². The van der Waals surface area contributed by atoms with Crippen molar-refractivity contribution >= 4 is 0 Å². The molecule has 1 N–H and O–H groups in total. The summed E-state index contributed by atoms with van der Waals surface area (Å²) in [6, 6.07) is 1.57. The Morgan fingerprint density at radius 1 is 1.00 bits per heavy atom. The highest BCUT2D eigenvalue weighted by molar-refractivity contribution is 4.82. The van der Waals surface area contributed by atoms with E-state index in [1.807, 2.05) is 0 Å². The van der Waals surface area contributed by atoms with Gasteiger partial charge >= 0.3 is 0 Å². The van der Waals surface area contributed by atoms with Gasteiger partial charge in [-0.05, 0) is 51.6 Å². The summed E-state index contributed by atoms with van der Waals surface area (Å²) >= 11 is 0. The maximum Gasteiger partial charge on any atom is 0.0197 e. The molecule has 3 unspecified atom stereocenters. The van der Waals surface area contributed by atoms with Crippen LogP contribution in [0.15, 0.2) is 0 Å². The highest BCUT2D eigenvalue weighted by atomic mass is 15.1. The minimum atomic E-state index is 0.761. The van der Waals surface area contributed by atoms with Crippen LogP contribution in [0.5, 0.6) is 0 Å². The van der Waals surface area contributed by atoms with Crippen molar-refractivity contribution < 1.29 is 0 Å². The molecular formula is C16H32N2. The van der Waals surface area contributed by atoms with Crippen molar-refractivity contribution in [1.82, 2.24) is 10.2 Å². The number of likely N-dealkylation sites (N-methyl/N-ethyl adjacent to an activating group) is 1. The lowest BCUT2D eigenvalue weighted by atomic mass is 9.95. The third-order valence-corrected chi connectivity index (χ3v) is 4.88. The molecule has 18 heavy (non-hydrogen) atoms. The number of nitrogens with one attached hydrogen (secondary N) is 1. The monoisotopic (exact) mass is 252 g/mol. The van der Waals surface area contributed by atoms with Crippen molar-refractivity contribution in [3.8, 4) is 0 Å². The highest BCUT2D eigenvalue weighted by Gasteiger charge is 2.23. The van der Waals surface area contributed by atoms with Gasteiger partial charge in [-0.3, -0.25) is 0 Å². The van der Waals surface area contributed by atoms with Gasteiger partial charge in [0.15, 0.2) is 0 Å². The van der Waals surface area contributed by atoms with Gasteiger partial charge in [-0.2, -0.15) is 0 Å². The molecule has 3 atom stereocenters. The minimum absolute atomic E-state index is 0.761. The minimum Gasteiger partial charge on any atom is -0.310 e. The lowest BCUT2D eigenvalue weighted by Gasteiger charge is -2.33. The fourth-order valence-corrected chi connectivity index (χ4v) is 3.88. The summed E-state index contributed by atoms with van der Waals surface area (Å²) in [7, 11) is 2.26. The fourth-order valence-electron chi connectivity index (χ4n) is 3.88. The standard InChI is InChI=1S/C16H32N2/c1-3-6-14-7-4-8-15(11-10-14)17-16-9-5-12-18(2)13-16/h14-17H,3-13H2,1-2H3. The average molecular weight is 252 g/mol. The Kier molecular flexibility index (Phi) is 5.97. The Balaban J connectivity index is 1.72. The maximum atomic E-state index is 3.95. The summed E-state index contributed by atoms with van der Waals surface area (Å²) in [5.74, 6) is 1.02. The Morgan fingerprint density at radius 2 is 1.83 bits per heavy atom. The summed E-state index contributed by atoms with van der Waals surface area (Å²) in [6.45, 7) is 4.88. The highest BCUT2D eigenvalue weighted by Crippen LogP contribution is 2.27. The van der Waals surface area contributed by atoms with Crippen LogP contribution in [0, 0.1) is 5.92 Å². The first-order valence-corrected chi connectivity index (χ1v) is 8.22. The molecule has 106 valence electrons. The third kappa shape index (κ3) is 4.55. The van der Waals surface area contributed by atoms with E-state index < -0.39 is 0 Å². The van der Waals surface area contributed by atoms with Gasteiger partial charge < -0.3 is 10.2 Å². The number of hydrogen-bond donors (Lipinski definition) is 1. The molecule has 1 heterocycles. The van der Waals surface area contributed by atoms with Crippen LogP contribution in [0.3, 0.4) is 0 Å². The SMILES string of the molecule is CCCC1CCCC(NC2CCCN(C)C2)CC1. The van der Waals surface area contributed by atoms with Crippen molar-refractivity contribution in [2.24, 2.45) is 5.92 Å². The summed E-state index contributed by atoms with van der Waals surface area (Å²) < 4.78 is 0. The van der Waals surface area contributed by atoms with Crippen LogP contribution in [-0.2, 0) is 0 Å². The molecular weight excluding hydrogens is 220 g/mol. The second-order valence-electron chi connectivity index (χ2n) is 6.63. The van der Waals surface area contributed by atoms with E-state index in [1.165, 1.54) is 70.9 Å². The molecule has 1 saturated heterocycles. The molecule has 0 aromatic carbocycles. The maximum absolute atomic E-state index is 3.95. The van der Waals surface area contributed by atoms with Crippen LogP contribution in [0.4, 0.5) is 0 Å². The number of rotatable bonds is 4. The molecule has 2 fully saturated rings. The normalized spacial score (nSPS) is 35.3. The molecule has 0 aromatic rings. The van der Waals surface area contributed by atoms with Crippen LogP contribution >= 0.6 is 0 Å². The number of likely N-dealkylation sites (tertiary alicyclic amines) is 1. The third-order valence-electron chi connectivity index (χ3n) is 4.88. The van der Waals surface area contributed by atoms with Gasteiger partial charge in [0.05, 0.1) is 0 Å². The predicted octanol–water partition coefficient (Wildman–Crippen LogP) is 3.42. The second kappa shape index (κ2) is 7.49. The van der Waals surface area contributed by atoms with Gasteiger partial charge in [0.25, 0.3) is 0 Å². The molecule has 0 spiro atoms. The first-order valence-electron chi connectivity index (χ1n) is 8.22. The average Bonchev–Trinajstić information content (AvgIpc) is 2.56. The topological polar surface area (TPSA) is 15.3 Å². The van der Waals surface area contributed by atoms with Crippen molar-refractivity contribution in [3.63, 3.8) is 0 Å². The second-order valence-corrected chi connectivity index (χ2v) is 6.63. The molecule has 1 saturated carbocycles. The first kappa shape index (κ1) is 14.3. The van der Waals surface area contributed by atoms with E-state index in [1.54, 1.807) is 0 Å². The van der Waals surface area contributed by atoms with Crippen molar-refractivity contribution in [1.29, 1.82) is 0 Å². The van der Waals surface area contributed by atoms with Gasteiger partial charge in [-0.25, -0.2) is 0 Å². The van der Waals surface area contributed by atoms with Gasteiger partial charge in [0.2, 0.25) is 0 Å². The molecule has 2 heteroatoms. The Morgan fingerprint density at radius 3 is 2.61 bits per heavy atom. The van der Waals surface area contributed by atoms with E-state index in [2.05, 4.69) is 24.2 Å². The molecule has 2 nitrogen and oxygen atoms in total. The fraction of sp³-hybridized carbons (Fsp3) is 1.00. The summed E-state index contributed by atoms with van der Waals surface area (Å²) in [4.78, 5) is 2.48. The zero-order valence-corrected chi connectivity index (χ0v) is 12.5. The van der Waals surface area contributed by atoms with Crippen LogP contribution in [0.2, 0.25) is 0 Å². The predicted molar refractivity (Wildman–Crippen MR) is 78.9 cm³/mol. The molecule has 1 aliphatic carbocycles. The summed E-state index contributed by atoms with van der Waals surface area (Å²) in [5.41, 5.74) is 0. The van der Waals surface area contributed by atoms with E-state index in [9.17, 15) is 0 Å². The molecule has 0 bridgehead atoms. The largest absolute Gasteiger partial charge is 0.310 e. The number of piperidine rings is 1. The molecule has 1 aliphatic heterocycles. The Hall–Kier alpha value is -0.0800. The number of hydrogen-bond acceptors (Lipinski definition) is 2. The van der Waals surface area contributed by atoms with Gasteiger partial charge in [0, 0.05) is 18.6 Å². The Bertz CT molecular complexity index is 229. The molecule has 0 radical (unpaired) electrons. The molecule has 0 amide bonds. The van der Waals surface area contributed by atoms with E-state index in [0.717, 1.165) is 18.0 Å². The molecule has 0 aromatic heterocycles. The van der Waals surface area contributed by atoms with E-state index in [-0.39, 0.29) is 0 Å². The summed E-state index contributed by atoms with van der Waals surface area (Å²) in [5, 5.41) is 3.95. The Labute approximate surface area is 114 Å². The molecule has 2 rings (SSSR count). The van der Waals surface area contributed by atoms with E-state index in [0.29, 0.717) is 0 Å².